The van der Waals surface area contributed by atoms with Crippen LogP contribution in [0, 0.1) is 0 Å². The molecule has 8 aromatic rings. The van der Waals surface area contributed by atoms with Crippen molar-refractivity contribution < 1.29 is 26.3 Å². The maximum Gasteiger partial charge on any atom is 0.411 e. The Balaban J connectivity index is 1.33. The van der Waals surface area contributed by atoms with E-state index in [2.05, 4.69) is 41.5 Å². The first-order chi connectivity index (χ1) is 32.9. The predicted octanol–water partition coefficient (Wildman–Crippen LogP) is 19.3. The Kier molecular flexibility index (Phi) is 13.8. The molecule has 0 unspecified atom stereocenters. The Morgan fingerprint density at radius 1 is 0.362 bits per heavy atom. The summed E-state index contributed by atoms with van der Waals surface area (Å²) in [5, 5.41) is 3.32. The first kappa shape index (κ1) is 48.9. The lowest BCUT2D eigenvalue weighted by molar-refractivity contribution is -0.288. The second-order valence-corrected chi connectivity index (χ2v) is 19.6. The summed E-state index contributed by atoms with van der Waals surface area (Å²) >= 11 is 0. The Morgan fingerprint density at radius 3 is 1.07 bits per heavy atom. The number of anilines is 6. The van der Waals surface area contributed by atoms with E-state index in [4.69, 9.17) is 0 Å². The van der Waals surface area contributed by atoms with Gasteiger partial charge in [0, 0.05) is 33.5 Å². The third kappa shape index (κ3) is 9.47. The summed E-state index contributed by atoms with van der Waals surface area (Å²) in [6.45, 7) is 13.0. The van der Waals surface area contributed by atoms with Gasteiger partial charge < -0.3 is 9.80 Å². The Morgan fingerprint density at radius 2 is 0.710 bits per heavy atom. The van der Waals surface area contributed by atoms with E-state index in [1.54, 1.807) is 21.9 Å². The number of nitrogens with zero attached hydrogens (tertiary/aromatic N) is 2. The molecule has 0 spiro atoms. The average Bonchev–Trinajstić information content (AvgIpc) is 3.33. The molecule has 0 saturated heterocycles. The first-order valence-corrected chi connectivity index (χ1v) is 24.0. The van der Waals surface area contributed by atoms with Gasteiger partial charge in [0.25, 0.3) is 0 Å². The second-order valence-electron chi connectivity index (χ2n) is 19.6. The molecule has 0 aliphatic carbocycles. The summed E-state index contributed by atoms with van der Waals surface area (Å²) in [6, 6.07) is 51.9. The fraction of sp³-hybridized carbons (Fsp3) is 0.279. The van der Waals surface area contributed by atoms with Gasteiger partial charge in [0.15, 0.2) is 0 Å². The number of hydrogen-bond donors (Lipinski definition) is 0. The molecule has 0 amide bonds. The van der Waals surface area contributed by atoms with Crippen molar-refractivity contribution in [2.45, 2.75) is 109 Å². The van der Waals surface area contributed by atoms with Gasteiger partial charge in [-0.3, -0.25) is 0 Å². The van der Waals surface area contributed by atoms with Gasteiger partial charge in [-0.1, -0.05) is 189 Å². The largest absolute Gasteiger partial charge is 0.411 e. The Bertz CT molecular complexity index is 2800. The minimum Gasteiger partial charge on any atom is -0.310 e. The van der Waals surface area contributed by atoms with Crippen LogP contribution in [0.4, 0.5) is 60.5 Å². The zero-order valence-electron chi connectivity index (χ0n) is 40.2. The highest BCUT2D eigenvalue weighted by atomic mass is 19.4. The minimum atomic E-state index is -5.84. The standard InChI is InChI=1S/C61H60F6N2/c1-7-9-39-57(3,4)45-31-35-49(36-32-45)68(55-29-15-21-43-19-11-13-27-53(43)55)51-25-17-23-47(41-51)59(60(62,63)64,61(65,66)67)48-24-18-26-52(42-48)69(56-30-16-22-44-20-12-14-28-54(44)56)50-37-33-46(34-38-50)58(5,6)40-10-8-2/h11-38,41-42H,7-10,39-40H2,1-6H3. The van der Waals surface area contributed by atoms with E-state index in [0.29, 0.717) is 22.7 Å². The van der Waals surface area contributed by atoms with Crippen molar-refractivity contribution in [2.75, 3.05) is 9.80 Å². The number of alkyl halides is 6. The molecule has 69 heavy (non-hydrogen) atoms. The van der Waals surface area contributed by atoms with Crippen molar-refractivity contribution in [3.8, 4) is 0 Å². The molecule has 0 N–H and O–H groups in total. The molecular weight excluding hydrogens is 875 g/mol. The van der Waals surface area contributed by atoms with Crippen LogP contribution in [-0.2, 0) is 16.2 Å². The molecule has 8 heteroatoms. The lowest BCUT2D eigenvalue weighted by atomic mass is 9.72. The van der Waals surface area contributed by atoms with Gasteiger partial charge in [-0.15, -0.1) is 0 Å². The summed E-state index contributed by atoms with van der Waals surface area (Å²) in [5.41, 5.74) is -1.76. The lowest BCUT2D eigenvalue weighted by Gasteiger charge is -2.39. The summed E-state index contributed by atoms with van der Waals surface area (Å²) in [7, 11) is 0. The number of fused-ring (bicyclic) bond motifs is 2. The van der Waals surface area contributed by atoms with Crippen molar-refractivity contribution in [3.05, 3.63) is 204 Å². The molecule has 0 aromatic heterocycles. The van der Waals surface area contributed by atoms with Crippen molar-refractivity contribution in [1.82, 2.24) is 0 Å². The molecule has 0 bridgehead atoms. The van der Waals surface area contributed by atoms with Crippen LogP contribution in [0.1, 0.15) is 102 Å². The zero-order valence-corrected chi connectivity index (χ0v) is 40.2. The summed E-state index contributed by atoms with van der Waals surface area (Å²) in [5.74, 6) is 0. The van der Waals surface area contributed by atoms with Crippen LogP contribution in [-0.4, -0.2) is 12.4 Å². The van der Waals surface area contributed by atoms with Gasteiger partial charge in [-0.2, -0.15) is 26.3 Å². The fourth-order valence-corrected chi connectivity index (χ4v) is 10.0. The minimum absolute atomic E-state index is 0.148. The SMILES string of the molecule is CCCCC(C)(C)c1ccc(N(c2cccc(C(c3cccc(N(c4ccc(C(C)(C)CCCC)cc4)c4cccc5ccccc45)c3)(C(F)(F)F)C(F)(F)F)c2)c2cccc3ccccc23)cc1. The topological polar surface area (TPSA) is 6.48 Å². The Labute approximate surface area is 403 Å². The third-order valence-electron chi connectivity index (χ3n) is 14.1. The van der Waals surface area contributed by atoms with E-state index in [1.807, 2.05) is 133 Å². The van der Waals surface area contributed by atoms with Crippen molar-refractivity contribution in [2.24, 2.45) is 0 Å². The molecule has 356 valence electrons. The Hall–Kier alpha value is -6.54. The number of hydrogen-bond acceptors (Lipinski definition) is 2. The van der Waals surface area contributed by atoms with E-state index >= 15 is 26.3 Å². The van der Waals surface area contributed by atoms with Crippen LogP contribution in [0.25, 0.3) is 21.5 Å². The molecule has 0 radical (unpaired) electrons. The van der Waals surface area contributed by atoms with Crippen molar-refractivity contribution in [3.63, 3.8) is 0 Å². The molecular formula is C61H60F6N2. The molecule has 8 rings (SSSR count). The molecule has 0 saturated carbocycles. The highest BCUT2D eigenvalue weighted by Gasteiger charge is 2.72. The van der Waals surface area contributed by atoms with Crippen LogP contribution >= 0.6 is 0 Å². The molecule has 0 fully saturated rings. The van der Waals surface area contributed by atoms with Gasteiger partial charge >= 0.3 is 12.4 Å². The normalized spacial score (nSPS) is 12.7. The molecule has 0 aliphatic rings. The van der Waals surface area contributed by atoms with Crippen molar-refractivity contribution >= 4 is 55.7 Å². The van der Waals surface area contributed by atoms with Crippen LogP contribution in [0.5, 0.6) is 0 Å². The monoisotopic (exact) mass is 934 g/mol. The van der Waals surface area contributed by atoms with E-state index in [0.717, 1.165) is 95.5 Å². The number of rotatable bonds is 16. The van der Waals surface area contributed by atoms with Gasteiger partial charge in [-0.05, 0) is 117 Å². The highest BCUT2D eigenvalue weighted by Crippen LogP contribution is 2.58. The van der Waals surface area contributed by atoms with Gasteiger partial charge in [0.2, 0.25) is 5.41 Å². The zero-order chi connectivity index (χ0) is 49.2. The van der Waals surface area contributed by atoms with E-state index in [-0.39, 0.29) is 22.2 Å². The summed E-state index contributed by atoms with van der Waals surface area (Å²) < 4.78 is 98.2. The summed E-state index contributed by atoms with van der Waals surface area (Å²) in [6.07, 6.45) is -5.59. The molecule has 0 atom stereocenters. The number of halogens is 6. The highest BCUT2D eigenvalue weighted by molar-refractivity contribution is 6.00. The summed E-state index contributed by atoms with van der Waals surface area (Å²) in [4.78, 5) is 3.52. The van der Waals surface area contributed by atoms with E-state index < -0.39 is 28.9 Å². The van der Waals surface area contributed by atoms with Crippen LogP contribution in [0.15, 0.2) is 182 Å². The lowest BCUT2D eigenvalue weighted by Crippen LogP contribution is -2.54. The second kappa shape index (κ2) is 19.5. The van der Waals surface area contributed by atoms with E-state index in [1.165, 1.54) is 12.1 Å². The van der Waals surface area contributed by atoms with Crippen LogP contribution in [0.3, 0.4) is 0 Å². The van der Waals surface area contributed by atoms with Gasteiger partial charge in [-0.25, -0.2) is 0 Å². The van der Waals surface area contributed by atoms with Gasteiger partial charge in [0.05, 0.1) is 11.4 Å². The molecule has 2 nitrogen and oxygen atoms in total. The van der Waals surface area contributed by atoms with Gasteiger partial charge in [0.1, 0.15) is 0 Å². The maximum absolute atomic E-state index is 16.4. The predicted molar refractivity (Wildman–Crippen MR) is 275 cm³/mol. The third-order valence-corrected chi connectivity index (χ3v) is 14.1. The molecule has 0 heterocycles. The van der Waals surface area contributed by atoms with Crippen LogP contribution in [0.2, 0.25) is 0 Å². The number of unbranched alkanes of at least 4 members (excludes halogenated alkanes) is 2. The molecule has 8 aromatic carbocycles. The quantitative estimate of drug-likeness (QED) is 0.0891. The average molecular weight is 935 g/mol. The number of benzene rings is 8. The smallest absolute Gasteiger partial charge is 0.310 e. The molecule has 0 aliphatic heterocycles. The van der Waals surface area contributed by atoms with E-state index in [9.17, 15) is 0 Å². The first-order valence-electron chi connectivity index (χ1n) is 24.0. The maximum atomic E-state index is 16.4. The van der Waals surface area contributed by atoms with Crippen LogP contribution < -0.4 is 9.80 Å². The fourth-order valence-electron chi connectivity index (χ4n) is 10.0. The van der Waals surface area contributed by atoms with Crippen molar-refractivity contribution in [1.29, 1.82) is 0 Å².